The molecule has 0 unspecified atom stereocenters. The van der Waals surface area contributed by atoms with Crippen molar-refractivity contribution in [2.45, 2.75) is 116 Å². The molecule has 14 nitrogen and oxygen atoms in total. The number of amides is 5. The summed E-state index contributed by atoms with van der Waals surface area (Å²) in [6.07, 6.45) is 2.88. The molecule has 4 N–H and O–H groups in total. The van der Waals surface area contributed by atoms with Crippen molar-refractivity contribution in [3.05, 3.63) is 125 Å². The number of hydrogen-bond donors (Lipinski definition) is 4. The van der Waals surface area contributed by atoms with Crippen LogP contribution in [0.15, 0.2) is 91.1 Å². The van der Waals surface area contributed by atoms with Crippen LogP contribution in [0, 0.1) is 11.8 Å². The molecule has 2 aliphatic rings. The number of benzene rings is 3. The Morgan fingerprint density at radius 3 is 1.74 bits per heavy atom. The third-order valence-electron chi connectivity index (χ3n) is 10.5. The number of ether oxygens (including phenoxy) is 2. The molecule has 3 heterocycles. The molecule has 5 atom stereocenters. The Bertz CT molecular complexity index is 2270. The second kappa shape index (κ2) is 19.4. The van der Waals surface area contributed by atoms with Crippen molar-refractivity contribution in [1.82, 2.24) is 35.7 Å². The van der Waals surface area contributed by atoms with Crippen LogP contribution in [0.5, 0.6) is 0 Å². The molecule has 0 bridgehead atoms. The first-order valence-corrected chi connectivity index (χ1v) is 21.1. The van der Waals surface area contributed by atoms with Crippen LogP contribution in [-0.4, -0.2) is 80.0 Å². The van der Waals surface area contributed by atoms with Gasteiger partial charge in [-0.1, -0.05) is 78.7 Å². The largest absolute Gasteiger partial charge is 0.444 e. The number of rotatable bonds is 10. The summed E-state index contributed by atoms with van der Waals surface area (Å²) in [5.41, 5.74) is 1.96. The number of nitrogens with one attached hydrogen (secondary N) is 4. The van der Waals surface area contributed by atoms with Crippen LogP contribution >= 0.6 is 0 Å². The summed E-state index contributed by atoms with van der Waals surface area (Å²) in [7, 11) is 0. The van der Waals surface area contributed by atoms with Gasteiger partial charge in [0.2, 0.25) is 5.91 Å². The number of aromatic amines is 1. The van der Waals surface area contributed by atoms with Crippen molar-refractivity contribution in [2.75, 3.05) is 13.1 Å². The summed E-state index contributed by atoms with van der Waals surface area (Å²) >= 11 is 0. The van der Waals surface area contributed by atoms with Gasteiger partial charge in [0, 0.05) is 18.7 Å². The van der Waals surface area contributed by atoms with E-state index >= 15 is 0 Å². The summed E-state index contributed by atoms with van der Waals surface area (Å²) < 4.78 is 10.9. The van der Waals surface area contributed by atoms with Crippen LogP contribution in [0.25, 0.3) is 0 Å². The Morgan fingerprint density at radius 1 is 0.677 bits per heavy atom. The monoisotopic (exact) mass is 843 g/mol. The normalized spacial score (nSPS) is 17.8. The number of aromatic nitrogens is 2. The molecule has 2 fully saturated rings. The van der Waals surface area contributed by atoms with E-state index in [4.69, 9.17) is 9.47 Å². The van der Waals surface area contributed by atoms with Crippen molar-refractivity contribution in [3.8, 4) is 11.8 Å². The average molecular weight is 844 g/mol. The smallest absolute Gasteiger partial charge is 0.408 e. The molecular weight excluding hydrogens is 787 g/mol. The van der Waals surface area contributed by atoms with Gasteiger partial charge in [-0.15, -0.1) is 0 Å². The SMILES string of the molecule is C[C@@H](NC(=O)[C@@H]1CCCN1C(=O)[C@H](NC(=O)OC(C)(C)C)c1ccccc1)c1ccc(C#Cc2cnc([C@@H]3CCCN3C(=O)[C@H](NC(=O)OC(C)(C)C)c3ccccc3)[nH]2)cc1. The summed E-state index contributed by atoms with van der Waals surface area (Å²) in [5, 5.41) is 8.59. The standard InChI is InChI=1S/C48H57N7O7/c1-31(50-42(56)38-21-15-29-55(38)44(58)40(35-18-12-9-13-19-35)53-46(60)62-48(5,6)7)33-25-22-32(23-26-33)24-27-36-30-49-41(51-36)37-20-14-28-54(37)43(57)39(34-16-10-8-11-17-34)52-45(59)61-47(2,3)4/h8-13,16-19,22-23,25-26,30-31,37-40H,14-15,20-21,28-29H2,1-7H3,(H,49,51)(H,50,56)(H,52,59)(H,53,60)/t31-,37+,38+,39-,40-/m1/s1. The van der Waals surface area contributed by atoms with E-state index in [1.54, 1.807) is 93.9 Å². The van der Waals surface area contributed by atoms with E-state index in [1.165, 1.54) is 0 Å². The Hall–Kier alpha value is -6.62. The topological polar surface area (TPSA) is 175 Å². The number of imidazole rings is 1. The minimum Gasteiger partial charge on any atom is -0.444 e. The van der Waals surface area contributed by atoms with Crippen molar-refractivity contribution >= 4 is 29.9 Å². The highest BCUT2D eigenvalue weighted by molar-refractivity contribution is 5.93. The van der Waals surface area contributed by atoms with Crippen LogP contribution < -0.4 is 16.0 Å². The Morgan fingerprint density at radius 2 is 1.19 bits per heavy atom. The quantitative estimate of drug-likeness (QED) is 0.122. The van der Waals surface area contributed by atoms with E-state index in [2.05, 4.69) is 37.8 Å². The van der Waals surface area contributed by atoms with Crippen LogP contribution in [0.3, 0.4) is 0 Å². The van der Waals surface area contributed by atoms with Gasteiger partial charge in [0.05, 0.1) is 18.3 Å². The van der Waals surface area contributed by atoms with Gasteiger partial charge < -0.3 is 40.2 Å². The third-order valence-corrected chi connectivity index (χ3v) is 10.5. The Balaban J connectivity index is 1.07. The van der Waals surface area contributed by atoms with Gasteiger partial charge in [-0.25, -0.2) is 14.6 Å². The van der Waals surface area contributed by atoms with E-state index < -0.39 is 41.5 Å². The average Bonchev–Trinajstić information content (AvgIpc) is 4.02. The van der Waals surface area contributed by atoms with Crippen LogP contribution in [-0.2, 0) is 23.9 Å². The molecule has 2 saturated heterocycles. The number of nitrogens with zero attached hydrogens (tertiary/aromatic N) is 3. The second-order valence-corrected chi connectivity index (χ2v) is 17.6. The maximum Gasteiger partial charge on any atom is 0.408 e. The van der Waals surface area contributed by atoms with Crippen molar-refractivity contribution in [3.63, 3.8) is 0 Å². The first kappa shape index (κ1) is 44.9. The Kier molecular flexibility index (Phi) is 14.1. The lowest BCUT2D eigenvalue weighted by Gasteiger charge is -2.30. The van der Waals surface area contributed by atoms with Gasteiger partial charge in [-0.2, -0.15) is 0 Å². The molecule has 0 radical (unpaired) electrons. The molecule has 4 aromatic rings. The lowest BCUT2D eigenvalue weighted by molar-refractivity contribution is -0.140. The molecule has 62 heavy (non-hydrogen) atoms. The Labute approximate surface area is 363 Å². The van der Waals surface area contributed by atoms with E-state index in [1.807, 2.05) is 55.5 Å². The summed E-state index contributed by atoms with van der Waals surface area (Å²) in [6, 6.07) is 22.3. The molecule has 5 amide bonds. The minimum absolute atomic E-state index is 0.252. The van der Waals surface area contributed by atoms with Crippen LogP contribution in [0.4, 0.5) is 9.59 Å². The molecule has 14 heteroatoms. The van der Waals surface area contributed by atoms with Gasteiger partial charge in [0.15, 0.2) is 0 Å². The zero-order valence-electron chi connectivity index (χ0n) is 36.5. The number of H-pyrrole nitrogens is 1. The first-order valence-electron chi connectivity index (χ1n) is 21.1. The van der Waals surface area contributed by atoms with Gasteiger partial charge in [-0.3, -0.25) is 14.4 Å². The molecule has 3 aromatic carbocycles. The zero-order valence-corrected chi connectivity index (χ0v) is 36.5. The summed E-state index contributed by atoms with van der Waals surface area (Å²) in [5.74, 6) is 6.01. The van der Waals surface area contributed by atoms with Gasteiger partial charge in [0.25, 0.3) is 11.8 Å². The molecule has 1 aromatic heterocycles. The highest BCUT2D eigenvalue weighted by Gasteiger charge is 2.40. The fourth-order valence-electron chi connectivity index (χ4n) is 7.62. The fraction of sp³-hybridized carbons (Fsp3) is 0.417. The minimum atomic E-state index is -1.02. The van der Waals surface area contributed by atoms with E-state index in [0.717, 1.165) is 17.5 Å². The molecule has 0 saturated carbocycles. The summed E-state index contributed by atoms with van der Waals surface area (Å²) in [6.45, 7) is 13.3. The van der Waals surface area contributed by atoms with E-state index in [0.29, 0.717) is 55.0 Å². The summed E-state index contributed by atoms with van der Waals surface area (Å²) in [4.78, 5) is 78.5. The highest BCUT2D eigenvalue weighted by atomic mass is 16.6. The maximum absolute atomic E-state index is 14.1. The highest BCUT2D eigenvalue weighted by Crippen LogP contribution is 2.33. The van der Waals surface area contributed by atoms with Gasteiger partial charge in [0.1, 0.15) is 40.8 Å². The predicted octanol–water partition coefficient (Wildman–Crippen LogP) is 7.17. The zero-order chi connectivity index (χ0) is 44.6. The second-order valence-electron chi connectivity index (χ2n) is 17.6. The van der Waals surface area contributed by atoms with Crippen molar-refractivity contribution < 1.29 is 33.4 Å². The molecular formula is C48H57N7O7. The number of alkyl carbamates (subject to hydrolysis) is 2. The van der Waals surface area contributed by atoms with Gasteiger partial charge >= 0.3 is 12.2 Å². The predicted molar refractivity (Wildman–Crippen MR) is 233 cm³/mol. The molecule has 326 valence electrons. The molecule has 0 spiro atoms. The molecule has 6 rings (SSSR count). The lowest BCUT2D eigenvalue weighted by Crippen LogP contribution is -2.50. The number of likely N-dealkylation sites (tertiary alicyclic amines) is 2. The third kappa shape index (κ3) is 11.8. The number of hydrogen-bond acceptors (Lipinski definition) is 8. The fourth-order valence-corrected chi connectivity index (χ4v) is 7.62. The maximum atomic E-state index is 14.1. The molecule has 2 aliphatic heterocycles. The van der Waals surface area contributed by atoms with Gasteiger partial charge in [-0.05, 0) is 109 Å². The van der Waals surface area contributed by atoms with Crippen molar-refractivity contribution in [2.24, 2.45) is 0 Å². The van der Waals surface area contributed by atoms with Crippen molar-refractivity contribution in [1.29, 1.82) is 0 Å². The van der Waals surface area contributed by atoms with Crippen LogP contribution in [0.1, 0.15) is 132 Å². The van der Waals surface area contributed by atoms with E-state index in [9.17, 15) is 24.0 Å². The van der Waals surface area contributed by atoms with E-state index in [-0.39, 0.29) is 29.8 Å². The first-order chi connectivity index (χ1) is 29.5. The lowest BCUT2D eigenvalue weighted by atomic mass is 10.0. The number of carbonyl (C=O) groups excluding carboxylic acids is 5. The van der Waals surface area contributed by atoms with Crippen LogP contribution in [0.2, 0.25) is 0 Å². The number of carbonyl (C=O) groups is 5. The molecule has 0 aliphatic carbocycles.